The SMILES string of the molecule is COC1(OC2CCCC2)CCN(c2ccccc2)C1=O. The molecule has 1 amide bonds. The van der Waals surface area contributed by atoms with Crippen LogP contribution in [0.5, 0.6) is 0 Å². The molecule has 1 aromatic rings. The second kappa shape index (κ2) is 5.54. The highest BCUT2D eigenvalue weighted by Gasteiger charge is 2.50. The Bertz CT molecular complexity index is 470. The molecule has 1 atom stereocenters. The first kappa shape index (κ1) is 13.6. The first-order valence-electron chi connectivity index (χ1n) is 7.35. The summed E-state index contributed by atoms with van der Waals surface area (Å²) in [6, 6.07) is 9.71. The van der Waals surface area contributed by atoms with Crippen molar-refractivity contribution in [3.63, 3.8) is 0 Å². The van der Waals surface area contributed by atoms with Crippen molar-refractivity contribution >= 4 is 11.6 Å². The summed E-state index contributed by atoms with van der Waals surface area (Å²) in [7, 11) is 1.57. The molecule has 1 saturated heterocycles. The lowest BCUT2D eigenvalue weighted by molar-refractivity contribution is -0.229. The lowest BCUT2D eigenvalue weighted by Gasteiger charge is -2.29. The molecule has 2 aliphatic rings. The van der Waals surface area contributed by atoms with Crippen molar-refractivity contribution in [2.75, 3.05) is 18.6 Å². The predicted molar refractivity (Wildman–Crippen MR) is 76.5 cm³/mol. The van der Waals surface area contributed by atoms with Crippen molar-refractivity contribution < 1.29 is 14.3 Å². The molecule has 4 heteroatoms. The summed E-state index contributed by atoms with van der Waals surface area (Å²) in [6.07, 6.45) is 5.18. The van der Waals surface area contributed by atoms with Crippen LogP contribution in [0.15, 0.2) is 30.3 Å². The second-order valence-corrected chi connectivity index (χ2v) is 5.52. The van der Waals surface area contributed by atoms with Crippen molar-refractivity contribution in [2.45, 2.75) is 44.0 Å². The minimum absolute atomic E-state index is 0.0712. The lowest BCUT2D eigenvalue weighted by atomic mass is 10.2. The van der Waals surface area contributed by atoms with Gasteiger partial charge in [-0.2, -0.15) is 0 Å². The standard InChI is InChI=1S/C16H21NO3/c1-19-16(20-14-9-5-6-10-14)11-12-17(15(16)18)13-7-3-2-4-8-13/h2-4,7-8,14H,5-6,9-12H2,1H3. The molecule has 1 unspecified atom stereocenters. The van der Waals surface area contributed by atoms with Crippen LogP contribution in [0.3, 0.4) is 0 Å². The Hall–Kier alpha value is -1.39. The number of benzene rings is 1. The van der Waals surface area contributed by atoms with Gasteiger partial charge in [-0.05, 0) is 25.0 Å². The van der Waals surface area contributed by atoms with E-state index in [1.165, 1.54) is 12.8 Å². The van der Waals surface area contributed by atoms with Crippen molar-refractivity contribution in [3.05, 3.63) is 30.3 Å². The van der Waals surface area contributed by atoms with Gasteiger partial charge < -0.3 is 14.4 Å². The second-order valence-electron chi connectivity index (χ2n) is 5.52. The average molecular weight is 275 g/mol. The van der Waals surface area contributed by atoms with E-state index in [0.717, 1.165) is 18.5 Å². The van der Waals surface area contributed by atoms with E-state index < -0.39 is 5.79 Å². The summed E-state index contributed by atoms with van der Waals surface area (Å²) in [5, 5.41) is 0. The number of rotatable bonds is 4. The molecule has 1 aliphatic heterocycles. The summed E-state index contributed by atoms with van der Waals surface area (Å²) < 4.78 is 11.6. The van der Waals surface area contributed by atoms with Crippen molar-refractivity contribution in [3.8, 4) is 0 Å². The van der Waals surface area contributed by atoms with Gasteiger partial charge in [-0.3, -0.25) is 4.79 Å². The fourth-order valence-corrected chi connectivity index (χ4v) is 3.15. The van der Waals surface area contributed by atoms with Gasteiger partial charge in [0.2, 0.25) is 0 Å². The van der Waals surface area contributed by atoms with Gasteiger partial charge in [-0.1, -0.05) is 31.0 Å². The van der Waals surface area contributed by atoms with Crippen LogP contribution >= 0.6 is 0 Å². The number of ether oxygens (including phenoxy) is 2. The molecule has 0 N–H and O–H groups in total. The van der Waals surface area contributed by atoms with Gasteiger partial charge in [0.15, 0.2) is 0 Å². The van der Waals surface area contributed by atoms with Crippen LogP contribution in [0.25, 0.3) is 0 Å². The van der Waals surface area contributed by atoms with E-state index in [0.29, 0.717) is 13.0 Å². The Morgan fingerprint density at radius 2 is 1.90 bits per heavy atom. The molecule has 3 rings (SSSR count). The smallest absolute Gasteiger partial charge is 0.287 e. The van der Waals surface area contributed by atoms with Crippen LogP contribution in [-0.2, 0) is 14.3 Å². The summed E-state index contributed by atoms with van der Waals surface area (Å²) >= 11 is 0. The molecule has 0 aromatic heterocycles. The first-order valence-corrected chi connectivity index (χ1v) is 7.35. The maximum Gasteiger partial charge on any atom is 0.287 e. The Morgan fingerprint density at radius 3 is 2.55 bits per heavy atom. The zero-order valence-corrected chi connectivity index (χ0v) is 11.9. The summed E-state index contributed by atoms with van der Waals surface area (Å²) in [4.78, 5) is 14.5. The van der Waals surface area contributed by atoms with Gasteiger partial charge in [-0.15, -0.1) is 0 Å². The molecular formula is C16H21NO3. The third-order valence-electron chi connectivity index (χ3n) is 4.29. The first-order chi connectivity index (χ1) is 9.75. The number of anilines is 1. The molecule has 0 bridgehead atoms. The molecule has 2 fully saturated rings. The molecule has 4 nitrogen and oxygen atoms in total. The van der Waals surface area contributed by atoms with Crippen LogP contribution in [-0.4, -0.2) is 31.5 Å². The zero-order valence-electron chi connectivity index (χ0n) is 11.9. The highest BCUT2D eigenvalue weighted by atomic mass is 16.7. The van der Waals surface area contributed by atoms with Crippen molar-refractivity contribution in [1.82, 2.24) is 0 Å². The Balaban J connectivity index is 1.78. The third kappa shape index (κ3) is 2.34. The lowest BCUT2D eigenvalue weighted by Crippen LogP contribution is -2.46. The van der Waals surface area contributed by atoms with E-state index >= 15 is 0 Å². The number of methoxy groups -OCH3 is 1. The fourth-order valence-electron chi connectivity index (χ4n) is 3.15. The summed E-state index contributed by atoms with van der Waals surface area (Å²) in [5.74, 6) is -1.15. The highest BCUT2D eigenvalue weighted by molar-refractivity contribution is 6.00. The van der Waals surface area contributed by atoms with Gasteiger partial charge in [-0.25, -0.2) is 0 Å². The topological polar surface area (TPSA) is 38.8 Å². The molecule has 108 valence electrons. The Morgan fingerprint density at radius 1 is 1.20 bits per heavy atom. The average Bonchev–Trinajstić information content (AvgIpc) is 3.10. The van der Waals surface area contributed by atoms with Crippen molar-refractivity contribution in [1.29, 1.82) is 0 Å². The minimum Gasteiger partial charge on any atom is -0.345 e. The summed E-state index contributed by atoms with van der Waals surface area (Å²) in [6.45, 7) is 0.642. The van der Waals surface area contributed by atoms with Crippen LogP contribution in [0.1, 0.15) is 32.1 Å². The van der Waals surface area contributed by atoms with E-state index in [9.17, 15) is 4.79 Å². The maximum absolute atomic E-state index is 12.7. The fraction of sp³-hybridized carbons (Fsp3) is 0.562. The van der Waals surface area contributed by atoms with Gasteiger partial charge in [0, 0.05) is 25.8 Å². The van der Waals surface area contributed by atoms with Crippen LogP contribution in [0.2, 0.25) is 0 Å². The Labute approximate surface area is 119 Å². The highest BCUT2D eigenvalue weighted by Crippen LogP contribution is 2.35. The number of hydrogen-bond acceptors (Lipinski definition) is 3. The van der Waals surface area contributed by atoms with Gasteiger partial charge in [0.1, 0.15) is 0 Å². The summed E-state index contributed by atoms with van der Waals surface area (Å²) in [5.41, 5.74) is 0.909. The minimum atomic E-state index is -1.08. The van der Waals surface area contributed by atoms with E-state index in [2.05, 4.69) is 0 Å². The number of nitrogens with zero attached hydrogens (tertiary/aromatic N) is 1. The quantitative estimate of drug-likeness (QED) is 0.793. The predicted octanol–water partition coefficient (Wildman–Crippen LogP) is 2.73. The van der Waals surface area contributed by atoms with Crippen LogP contribution < -0.4 is 4.90 Å². The zero-order chi connectivity index (χ0) is 14.0. The van der Waals surface area contributed by atoms with Crippen LogP contribution in [0, 0.1) is 0 Å². The number of hydrogen-bond donors (Lipinski definition) is 0. The molecule has 0 radical (unpaired) electrons. The monoisotopic (exact) mass is 275 g/mol. The largest absolute Gasteiger partial charge is 0.345 e. The normalized spacial score (nSPS) is 27.4. The van der Waals surface area contributed by atoms with E-state index in [-0.39, 0.29) is 12.0 Å². The number of carbonyl (C=O) groups excluding carboxylic acids is 1. The molecule has 1 heterocycles. The van der Waals surface area contributed by atoms with E-state index in [1.807, 2.05) is 30.3 Å². The van der Waals surface area contributed by atoms with Gasteiger partial charge in [0.25, 0.3) is 11.7 Å². The van der Waals surface area contributed by atoms with Gasteiger partial charge >= 0.3 is 0 Å². The molecule has 0 spiro atoms. The molecular weight excluding hydrogens is 254 g/mol. The number of carbonyl (C=O) groups is 1. The molecule has 20 heavy (non-hydrogen) atoms. The maximum atomic E-state index is 12.7. The number of para-hydroxylation sites is 1. The van der Waals surface area contributed by atoms with Crippen LogP contribution in [0.4, 0.5) is 5.69 Å². The Kier molecular flexibility index (Phi) is 3.76. The van der Waals surface area contributed by atoms with Gasteiger partial charge in [0.05, 0.1) is 6.10 Å². The van der Waals surface area contributed by atoms with Crippen molar-refractivity contribution in [2.24, 2.45) is 0 Å². The molecule has 1 aromatic carbocycles. The van der Waals surface area contributed by atoms with E-state index in [4.69, 9.17) is 9.47 Å². The molecule has 1 saturated carbocycles. The number of amides is 1. The molecule has 1 aliphatic carbocycles. The third-order valence-corrected chi connectivity index (χ3v) is 4.29. The van der Waals surface area contributed by atoms with E-state index in [1.54, 1.807) is 12.0 Å².